The van der Waals surface area contributed by atoms with Crippen molar-refractivity contribution < 1.29 is 9.53 Å². The number of benzene rings is 2. The highest BCUT2D eigenvalue weighted by Gasteiger charge is 2.46. The van der Waals surface area contributed by atoms with Gasteiger partial charge in [0.05, 0.1) is 5.29 Å². The average molecular weight is 325 g/mol. The minimum atomic E-state index is -0.800. The van der Waals surface area contributed by atoms with E-state index in [1.807, 2.05) is 30.3 Å². The maximum Gasteiger partial charge on any atom is 0.251 e. The molecule has 6 heteroatoms. The molecular formula is C18H19N3O3. The maximum atomic E-state index is 12.2. The fourth-order valence-electron chi connectivity index (χ4n) is 2.79. The second kappa shape index (κ2) is 6.31. The first-order chi connectivity index (χ1) is 11.5. The number of ether oxygens (including phenoxy) is 1. The Morgan fingerprint density at radius 1 is 1.12 bits per heavy atom. The smallest absolute Gasteiger partial charge is 0.251 e. The second-order valence-electron chi connectivity index (χ2n) is 6.22. The number of hydrogen-bond donors (Lipinski definition) is 1. The third kappa shape index (κ3) is 3.08. The highest BCUT2D eigenvalue weighted by atomic mass is 16.5. The van der Waals surface area contributed by atoms with Gasteiger partial charge in [0.1, 0.15) is 18.0 Å². The van der Waals surface area contributed by atoms with E-state index >= 15 is 0 Å². The van der Waals surface area contributed by atoms with Gasteiger partial charge in [0.15, 0.2) is 6.04 Å². The summed E-state index contributed by atoms with van der Waals surface area (Å²) in [6.45, 7) is 3.95. The summed E-state index contributed by atoms with van der Waals surface area (Å²) in [7, 11) is 0. The van der Waals surface area contributed by atoms with E-state index in [2.05, 4.69) is 10.6 Å². The molecule has 6 nitrogen and oxygen atoms in total. The molecule has 2 aromatic rings. The molecule has 1 amide bonds. The Labute approximate surface area is 140 Å². The van der Waals surface area contributed by atoms with E-state index in [9.17, 15) is 9.70 Å². The molecule has 1 aliphatic heterocycles. The van der Waals surface area contributed by atoms with Crippen LogP contribution in [0.2, 0.25) is 0 Å². The monoisotopic (exact) mass is 325 g/mol. The number of carbonyl (C=O) groups excluding carboxylic acids is 1. The zero-order chi connectivity index (χ0) is 17.2. The number of amides is 1. The Bertz CT molecular complexity index is 729. The molecule has 1 atom stereocenters. The first-order valence-electron chi connectivity index (χ1n) is 7.72. The fraction of sp³-hybridized carbons (Fsp3) is 0.278. The van der Waals surface area contributed by atoms with Gasteiger partial charge in [-0.15, -0.1) is 4.91 Å². The minimum Gasteiger partial charge on any atom is -0.489 e. The summed E-state index contributed by atoms with van der Waals surface area (Å²) >= 11 is 0. The Balaban J connectivity index is 1.72. The summed E-state index contributed by atoms with van der Waals surface area (Å²) in [6, 6.07) is 16.3. The van der Waals surface area contributed by atoms with Gasteiger partial charge in [-0.25, -0.2) is 5.01 Å². The van der Waals surface area contributed by atoms with Crippen LogP contribution in [0, 0.1) is 4.91 Å². The molecule has 1 fully saturated rings. The Morgan fingerprint density at radius 2 is 1.79 bits per heavy atom. The molecule has 2 aromatic carbocycles. The summed E-state index contributed by atoms with van der Waals surface area (Å²) in [5.74, 6) is 0.462. The number of hydrogen-bond acceptors (Lipinski definition) is 4. The van der Waals surface area contributed by atoms with Gasteiger partial charge >= 0.3 is 0 Å². The van der Waals surface area contributed by atoms with E-state index in [1.54, 1.807) is 38.1 Å². The molecule has 1 saturated heterocycles. The molecule has 0 radical (unpaired) electrons. The largest absolute Gasteiger partial charge is 0.489 e. The molecule has 24 heavy (non-hydrogen) atoms. The molecule has 1 heterocycles. The van der Waals surface area contributed by atoms with E-state index < -0.39 is 11.7 Å². The molecule has 0 aromatic heterocycles. The molecule has 1 N–H and O–H groups in total. The van der Waals surface area contributed by atoms with E-state index in [-0.39, 0.29) is 5.91 Å². The quantitative estimate of drug-likeness (QED) is 0.857. The zero-order valence-corrected chi connectivity index (χ0v) is 13.6. The van der Waals surface area contributed by atoms with Crippen molar-refractivity contribution in [1.82, 2.24) is 10.3 Å². The minimum absolute atomic E-state index is 0.238. The van der Waals surface area contributed by atoms with Crippen LogP contribution >= 0.6 is 0 Å². The van der Waals surface area contributed by atoms with Crippen molar-refractivity contribution in [2.75, 3.05) is 0 Å². The average Bonchev–Trinajstić information content (AvgIpc) is 2.82. The van der Waals surface area contributed by atoms with Crippen molar-refractivity contribution in [3.63, 3.8) is 0 Å². The number of rotatable bonds is 5. The summed E-state index contributed by atoms with van der Waals surface area (Å²) in [6.07, 6.45) is 0. The number of nitroso groups, excluding NO2 is 1. The van der Waals surface area contributed by atoms with E-state index in [1.165, 1.54) is 5.01 Å². The lowest BCUT2D eigenvalue weighted by Crippen LogP contribution is -2.43. The zero-order valence-electron chi connectivity index (χ0n) is 13.6. The van der Waals surface area contributed by atoms with Gasteiger partial charge < -0.3 is 10.1 Å². The predicted octanol–water partition coefficient (Wildman–Crippen LogP) is 3.16. The Kier molecular flexibility index (Phi) is 4.20. The molecule has 1 unspecified atom stereocenters. The Morgan fingerprint density at radius 3 is 2.42 bits per heavy atom. The third-order valence-corrected chi connectivity index (χ3v) is 4.03. The van der Waals surface area contributed by atoms with Gasteiger partial charge in [0.2, 0.25) is 0 Å². The summed E-state index contributed by atoms with van der Waals surface area (Å²) in [4.78, 5) is 23.3. The Hall–Kier alpha value is -2.89. The SMILES string of the molecule is CC1(C)NC(=O)C(c2ccc(OCc3ccccc3)cc2)N1N=O. The molecule has 3 rings (SSSR count). The lowest BCUT2D eigenvalue weighted by Gasteiger charge is -2.27. The van der Waals surface area contributed by atoms with Crippen LogP contribution in [0.15, 0.2) is 59.9 Å². The summed E-state index contributed by atoms with van der Waals surface area (Å²) in [5.41, 5.74) is 0.978. The van der Waals surface area contributed by atoms with Gasteiger partial charge in [0, 0.05) is 0 Å². The van der Waals surface area contributed by atoms with Crippen LogP contribution in [0.25, 0.3) is 0 Å². The van der Waals surface area contributed by atoms with Gasteiger partial charge in [-0.1, -0.05) is 42.5 Å². The first kappa shape index (κ1) is 16.0. The highest BCUT2D eigenvalue weighted by molar-refractivity contribution is 5.86. The highest BCUT2D eigenvalue weighted by Crippen LogP contribution is 2.34. The molecule has 1 aliphatic rings. The van der Waals surface area contributed by atoms with Crippen molar-refractivity contribution in [3.05, 3.63) is 70.6 Å². The van der Waals surface area contributed by atoms with E-state index in [0.717, 1.165) is 5.56 Å². The van der Waals surface area contributed by atoms with Crippen LogP contribution in [0.4, 0.5) is 0 Å². The van der Waals surface area contributed by atoms with E-state index in [0.29, 0.717) is 17.9 Å². The van der Waals surface area contributed by atoms with Crippen molar-refractivity contribution in [1.29, 1.82) is 0 Å². The molecule has 0 saturated carbocycles. The molecule has 0 spiro atoms. The second-order valence-corrected chi connectivity index (χ2v) is 6.22. The van der Waals surface area contributed by atoms with Crippen molar-refractivity contribution >= 4 is 5.91 Å². The van der Waals surface area contributed by atoms with Gasteiger partial charge in [-0.3, -0.25) is 4.79 Å². The maximum absolute atomic E-state index is 12.2. The van der Waals surface area contributed by atoms with Crippen LogP contribution in [0.1, 0.15) is 31.0 Å². The summed E-state index contributed by atoms with van der Waals surface area (Å²) < 4.78 is 5.73. The number of carbonyl (C=O) groups is 1. The van der Waals surface area contributed by atoms with Crippen LogP contribution < -0.4 is 10.1 Å². The van der Waals surface area contributed by atoms with Crippen molar-refractivity contribution in [2.24, 2.45) is 5.29 Å². The van der Waals surface area contributed by atoms with Gasteiger partial charge in [-0.2, -0.15) is 0 Å². The molecule has 0 bridgehead atoms. The first-order valence-corrected chi connectivity index (χ1v) is 7.72. The fourth-order valence-corrected chi connectivity index (χ4v) is 2.79. The third-order valence-electron chi connectivity index (χ3n) is 4.03. The lowest BCUT2D eigenvalue weighted by molar-refractivity contribution is -0.121. The standard InChI is InChI=1S/C18H19N3O3/c1-18(2)19-17(22)16(21(18)20-23)14-8-10-15(11-9-14)24-12-13-6-4-3-5-7-13/h3-11,16H,12H2,1-2H3,(H,19,22). The lowest BCUT2D eigenvalue weighted by atomic mass is 10.1. The molecule has 124 valence electrons. The predicted molar refractivity (Wildman–Crippen MR) is 89.8 cm³/mol. The van der Waals surface area contributed by atoms with Crippen LogP contribution in [-0.4, -0.2) is 16.6 Å². The normalized spacial score (nSPS) is 19.0. The topological polar surface area (TPSA) is 71.0 Å². The van der Waals surface area contributed by atoms with Crippen LogP contribution in [-0.2, 0) is 11.4 Å². The van der Waals surface area contributed by atoms with Crippen molar-refractivity contribution in [3.8, 4) is 5.75 Å². The molecular weight excluding hydrogens is 306 g/mol. The van der Waals surface area contributed by atoms with Gasteiger partial charge in [-0.05, 0) is 37.1 Å². The number of nitrogens with zero attached hydrogens (tertiary/aromatic N) is 2. The van der Waals surface area contributed by atoms with E-state index in [4.69, 9.17) is 4.74 Å². The van der Waals surface area contributed by atoms with Crippen molar-refractivity contribution in [2.45, 2.75) is 32.2 Å². The van der Waals surface area contributed by atoms with Crippen LogP contribution in [0.3, 0.4) is 0 Å². The van der Waals surface area contributed by atoms with Gasteiger partial charge in [0.25, 0.3) is 5.91 Å². The van der Waals surface area contributed by atoms with Crippen LogP contribution in [0.5, 0.6) is 5.75 Å². The molecule has 0 aliphatic carbocycles. The number of nitrogens with one attached hydrogen (secondary N) is 1. The summed E-state index contributed by atoms with van der Waals surface area (Å²) in [5, 5.41) is 7.03.